The van der Waals surface area contributed by atoms with Crippen LogP contribution < -0.4 is 5.32 Å². The van der Waals surface area contributed by atoms with E-state index in [1.54, 1.807) is 6.07 Å². The van der Waals surface area contributed by atoms with Crippen molar-refractivity contribution in [3.8, 4) is 5.75 Å². The van der Waals surface area contributed by atoms with Gasteiger partial charge in [-0.05, 0) is 80.3 Å². The SMILES string of the molecule is CC1CCN(C[C@@H](NC(=O)[C@@H]2CCc3cc(O)ccc3C2)C(C)C)CC1. The molecular weight excluding hydrogens is 324 g/mol. The van der Waals surface area contributed by atoms with E-state index in [9.17, 15) is 9.90 Å². The van der Waals surface area contributed by atoms with Crippen LogP contribution >= 0.6 is 0 Å². The largest absolute Gasteiger partial charge is 0.508 e. The fraction of sp³-hybridized carbons (Fsp3) is 0.682. The molecular formula is C22H34N2O2. The third-order valence-electron chi connectivity index (χ3n) is 6.25. The van der Waals surface area contributed by atoms with Crippen LogP contribution in [0.1, 0.15) is 51.2 Å². The van der Waals surface area contributed by atoms with Gasteiger partial charge in [0.25, 0.3) is 0 Å². The summed E-state index contributed by atoms with van der Waals surface area (Å²) in [5.41, 5.74) is 2.40. The van der Waals surface area contributed by atoms with Gasteiger partial charge in [-0.1, -0.05) is 26.8 Å². The van der Waals surface area contributed by atoms with Gasteiger partial charge in [-0.15, -0.1) is 0 Å². The lowest BCUT2D eigenvalue weighted by molar-refractivity contribution is -0.126. The van der Waals surface area contributed by atoms with Gasteiger partial charge in [-0.3, -0.25) is 4.79 Å². The number of nitrogens with zero attached hydrogens (tertiary/aromatic N) is 1. The molecule has 1 aromatic carbocycles. The molecule has 1 fully saturated rings. The molecule has 2 aliphatic rings. The first-order valence-electron chi connectivity index (χ1n) is 10.3. The van der Waals surface area contributed by atoms with Crippen molar-refractivity contribution >= 4 is 5.91 Å². The fourth-order valence-electron chi connectivity index (χ4n) is 4.21. The van der Waals surface area contributed by atoms with Gasteiger partial charge < -0.3 is 15.3 Å². The van der Waals surface area contributed by atoms with Crippen LogP contribution in [-0.2, 0) is 17.6 Å². The molecule has 0 bridgehead atoms. The lowest BCUT2D eigenvalue weighted by atomic mass is 9.83. The number of amides is 1. The van der Waals surface area contributed by atoms with Crippen LogP contribution in [0.25, 0.3) is 0 Å². The number of benzene rings is 1. The molecule has 2 atom stereocenters. The molecule has 1 aliphatic carbocycles. The van der Waals surface area contributed by atoms with Crippen molar-refractivity contribution in [3.05, 3.63) is 29.3 Å². The van der Waals surface area contributed by atoms with Crippen LogP contribution in [0.3, 0.4) is 0 Å². The number of hydrogen-bond donors (Lipinski definition) is 2. The smallest absolute Gasteiger partial charge is 0.223 e. The van der Waals surface area contributed by atoms with Crippen LogP contribution in [0.4, 0.5) is 0 Å². The third kappa shape index (κ3) is 4.79. The molecule has 0 radical (unpaired) electrons. The molecule has 1 heterocycles. The van der Waals surface area contributed by atoms with Gasteiger partial charge >= 0.3 is 0 Å². The number of aryl methyl sites for hydroxylation is 1. The number of phenols is 1. The average molecular weight is 359 g/mol. The molecule has 4 heteroatoms. The minimum absolute atomic E-state index is 0.0506. The molecule has 1 saturated heterocycles. The highest BCUT2D eigenvalue weighted by atomic mass is 16.3. The maximum absolute atomic E-state index is 12.9. The Hall–Kier alpha value is -1.55. The highest BCUT2D eigenvalue weighted by Gasteiger charge is 2.28. The number of piperidine rings is 1. The standard InChI is InChI=1S/C22H34N2O2/c1-15(2)21(14-24-10-8-16(3)9-11-24)23-22(26)19-5-4-18-13-20(25)7-6-17(18)12-19/h6-7,13,15-16,19,21,25H,4-5,8-12,14H2,1-3H3,(H,23,26)/t19-,21-/m1/s1. The molecule has 144 valence electrons. The van der Waals surface area contributed by atoms with E-state index in [4.69, 9.17) is 0 Å². The Kier molecular flexibility index (Phi) is 6.23. The Bertz CT molecular complexity index is 621. The van der Waals surface area contributed by atoms with Crippen molar-refractivity contribution in [1.82, 2.24) is 10.2 Å². The summed E-state index contributed by atoms with van der Waals surface area (Å²) in [4.78, 5) is 15.4. The second kappa shape index (κ2) is 8.43. The molecule has 0 saturated carbocycles. The number of fused-ring (bicyclic) bond motifs is 1. The number of carbonyl (C=O) groups excluding carboxylic acids is 1. The zero-order valence-corrected chi connectivity index (χ0v) is 16.5. The predicted molar refractivity (Wildman–Crippen MR) is 105 cm³/mol. The molecule has 2 N–H and O–H groups in total. The lowest BCUT2D eigenvalue weighted by Crippen LogP contribution is -2.50. The van der Waals surface area contributed by atoms with Crippen LogP contribution in [0.15, 0.2) is 18.2 Å². The van der Waals surface area contributed by atoms with Gasteiger partial charge in [0.15, 0.2) is 0 Å². The summed E-state index contributed by atoms with van der Waals surface area (Å²) >= 11 is 0. The number of nitrogens with one attached hydrogen (secondary N) is 1. The Labute approximate surface area is 158 Å². The molecule has 1 aromatic rings. The number of rotatable bonds is 5. The quantitative estimate of drug-likeness (QED) is 0.848. The summed E-state index contributed by atoms with van der Waals surface area (Å²) in [5.74, 6) is 1.84. The van der Waals surface area contributed by atoms with Crippen LogP contribution in [0.2, 0.25) is 0 Å². The van der Waals surface area contributed by atoms with Crippen molar-refractivity contribution in [1.29, 1.82) is 0 Å². The minimum atomic E-state index is 0.0506. The number of phenolic OH excluding ortho intramolecular Hbond substituents is 1. The summed E-state index contributed by atoms with van der Waals surface area (Å²) in [5, 5.41) is 13.0. The molecule has 0 aromatic heterocycles. The van der Waals surface area contributed by atoms with Crippen LogP contribution in [0, 0.1) is 17.8 Å². The van der Waals surface area contributed by atoms with E-state index in [2.05, 4.69) is 31.0 Å². The molecule has 4 nitrogen and oxygen atoms in total. The van der Waals surface area contributed by atoms with E-state index >= 15 is 0 Å². The van der Waals surface area contributed by atoms with Gasteiger partial charge in [0.2, 0.25) is 5.91 Å². The van der Waals surface area contributed by atoms with E-state index in [0.717, 1.165) is 44.8 Å². The molecule has 3 rings (SSSR count). The summed E-state index contributed by atoms with van der Waals surface area (Å²) < 4.78 is 0. The predicted octanol–water partition coefficient (Wildman–Crippen LogP) is 3.37. The van der Waals surface area contributed by atoms with Gasteiger partial charge in [0, 0.05) is 18.5 Å². The normalized spacial score (nSPS) is 22.8. The van der Waals surface area contributed by atoms with Crippen molar-refractivity contribution in [2.45, 2.75) is 58.9 Å². The van der Waals surface area contributed by atoms with E-state index in [-0.39, 0.29) is 17.9 Å². The Balaban J connectivity index is 1.57. The van der Waals surface area contributed by atoms with Crippen molar-refractivity contribution in [2.24, 2.45) is 17.8 Å². The Morgan fingerprint density at radius 2 is 1.96 bits per heavy atom. The zero-order chi connectivity index (χ0) is 18.7. The third-order valence-corrected chi connectivity index (χ3v) is 6.25. The number of hydrogen-bond acceptors (Lipinski definition) is 3. The van der Waals surface area contributed by atoms with E-state index in [0.29, 0.717) is 11.7 Å². The average Bonchev–Trinajstić information content (AvgIpc) is 2.62. The maximum Gasteiger partial charge on any atom is 0.223 e. The first-order valence-corrected chi connectivity index (χ1v) is 10.3. The molecule has 0 unspecified atom stereocenters. The van der Waals surface area contributed by atoms with Crippen molar-refractivity contribution < 1.29 is 9.90 Å². The topological polar surface area (TPSA) is 52.6 Å². The minimum Gasteiger partial charge on any atom is -0.508 e. The second-order valence-corrected chi connectivity index (χ2v) is 8.73. The van der Waals surface area contributed by atoms with Gasteiger partial charge in [0.1, 0.15) is 5.75 Å². The van der Waals surface area contributed by atoms with E-state index in [1.165, 1.54) is 24.0 Å². The zero-order valence-electron chi connectivity index (χ0n) is 16.5. The Morgan fingerprint density at radius 1 is 1.23 bits per heavy atom. The number of likely N-dealkylation sites (tertiary alicyclic amines) is 1. The summed E-state index contributed by atoms with van der Waals surface area (Å²) in [7, 11) is 0. The molecule has 1 amide bonds. The molecule has 1 aliphatic heterocycles. The van der Waals surface area contributed by atoms with Gasteiger partial charge in [-0.2, -0.15) is 0 Å². The monoisotopic (exact) mass is 358 g/mol. The molecule has 26 heavy (non-hydrogen) atoms. The first kappa shape index (κ1) is 19.2. The summed E-state index contributed by atoms with van der Waals surface area (Å²) in [6, 6.07) is 5.77. The molecule has 0 spiro atoms. The van der Waals surface area contributed by atoms with Crippen molar-refractivity contribution in [2.75, 3.05) is 19.6 Å². The van der Waals surface area contributed by atoms with Gasteiger partial charge in [-0.25, -0.2) is 0 Å². The number of carbonyl (C=O) groups is 1. The summed E-state index contributed by atoms with van der Waals surface area (Å²) in [6.07, 6.45) is 5.07. The second-order valence-electron chi connectivity index (χ2n) is 8.73. The van der Waals surface area contributed by atoms with Crippen LogP contribution in [-0.4, -0.2) is 41.6 Å². The fourth-order valence-corrected chi connectivity index (χ4v) is 4.21. The first-order chi connectivity index (χ1) is 12.4. The lowest BCUT2D eigenvalue weighted by Gasteiger charge is -2.35. The van der Waals surface area contributed by atoms with Crippen molar-refractivity contribution in [3.63, 3.8) is 0 Å². The van der Waals surface area contributed by atoms with Crippen LogP contribution in [0.5, 0.6) is 5.75 Å². The maximum atomic E-state index is 12.9. The van der Waals surface area contributed by atoms with E-state index in [1.807, 2.05) is 12.1 Å². The van der Waals surface area contributed by atoms with E-state index < -0.39 is 0 Å². The highest BCUT2D eigenvalue weighted by molar-refractivity contribution is 5.79. The summed E-state index contributed by atoms with van der Waals surface area (Å²) in [6.45, 7) is 10.0. The number of aromatic hydroxyl groups is 1. The highest BCUT2D eigenvalue weighted by Crippen LogP contribution is 2.28. The Morgan fingerprint density at radius 3 is 2.65 bits per heavy atom. The van der Waals surface area contributed by atoms with Gasteiger partial charge in [0.05, 0.1) is 0 Å².